The molecule has 4 nitrogen and oxygen atoms in total. The van der Waals surface area contributed by atoms with Crippen molar-refractivity contribution >= 4 is 10.5 Å². The molecule has 0 N–H and O–H groups in total. The van der Waals surface area contributed by atoms with Crippen LogP contribution in [0.3, 0.4) is 0 Å². The summed E-state index contributed by atoms with van der Waals surface area (Å²) in [5.41, 5.74) is 1.07. The van der Waals surface area contributed by atoms with Crippen molar-refractivity contribution in [2.24, 2.45) is 5.92 Å². The van der Waals surface area contributed by atoms with Gasteiger partial charge >= 0.3 is 10.5 Å². The molecule has 0 bridgehead atoms. The van der Waals surface area contributed by atoms with Crippen molar-refractivity contribution in [3.05, 3.63) is 29.8 Å². The number of nitrogens with zero attached hydrogens (tertiary/aromatic N) is 1. The first-order valence-electron chi connectivity index (χ1n) is 6.38. The van der Waals surface area contributed by atoms with Gasteiger partial charge in [0.25, 0.3) is 0 Å². The maximum Gasteiger partial charge on any atom is 0.488 e. The first-order valence-corrected chi connectivity index (χ1v) is 7.68. The molecule has 1 aliphatic heterocycles. The third-order valence-electron chi connectivity index (χ3n) is 3.40. The van der Waals surface area contributed by atoms with Crippen molar-refractivity contribution in [3.63, 3.8) is 0 Å². The van der Waals surface area contributed by atoms with Crippen LogP contribution >= 0.6 is 0 Å². The fourth-order valence-electron chi connectivity index (χ4n) is 2.24. The average Bonchev–Trinajstić information content (AvgIpc) is 2.33. The van der Waals surface area contributed by atoms with Crippen molar-refractivity contribution in [2.45, 2.75) is 26.3 Å². The van der Waals surface area contributed by atoms with E-state index in [0.717, 1.165) is 31.1 Å². The van der Waals surface area contributed by atoms with E-state index in [1.165, 1.54) is 25.0 Å². The molecule has 0 spiro atoms. The van der Waals surface area contributed by atoms with Crippen LogP contribution in [-0.2, 0) is 17.0 Å². The summed E-state index contributed by atoms with van der Waals surface area (Å²) in [6.07, 6.45) is 2.42. The summed E-state index contributed by atoms with van der Waals surface area (Å²) in [6.45, 7) is 5.26. The predicted octanol–water partition coefficient (Wildman–Crippen LogP) is 2.51. The molecular formula is C13H18FNO3S. The van der Waals surface area contributed by atoms with E-state index in [4.69, 9.17) is 0 Å². The number of halogens is 1. The fourth-order valence-corrected chi connectivity index (χ4v) is 2.58. The van der Waals surface area contributed by atoms with Crippen LogP contribution in [0, 0.1) is 5.92 Å². The van der Waals surface area contributed by atoms with E-state index in [9.17, 15) is 12.3 Å². The first-order chi connectivity index (χ1) is 8.92. The molecule has 0 unspecified atom stereocenters. The maximum absolute atomic E-state index is 12.3. The Balaban J connectivity index is 1.92. The second-order valence-corrected chi connectivity index (χ2v) is 6.03. The van der Waals surface area contributed by atoms with Gasteiger partial charge in [0.05, 0.1) is 0 Å². The third kappa shape index (κ3) is 4.80. The summed E-state index contributed by atoms with van der Waals surface area (Å²) in [7, 11) is -4.93. The highest BCUT2D eigenvalue weighted by molar-refractivity contribution is 7.81. The van der Waals surface area contributed by atoms with E-state index < -0.39 is 10.5 Å². The van der Waals surface area contributed by atoms with Gasteiger partial charge in [-0.2, -0.15) is 8.42 Å². The van der Waals surface area contributed by atoms with Gasteiger partial charge in [-0.15, -0.1) is 0 Å². The zero-order chi connectivity index (χ0) is 13.9. The molecule has 6 heteroatoms. The number of hydrogen-bond donors (Lipinski definition) is 0. The highest BCUT2D eigenvalue weighted by Crippen LogP contribution is 2.20. The molecular weight excluding hydrogens is 269 g/mol. The van der Waals surface area contributed by atoms with Gasteiger partial charge in [0.1, 0.15) is 5.75 Å². The van der Waals surface area contributed by atoms with Crippen LogP contribution in [0.5, 0.6) is 5.75 Å². The lowest BCUT2D eigenvalue weighted by Crippen LogP contribution is -2.32. The zero-order valence-electron chi connectivity index (χ0n) is 10.9. The van der Waals surface area contributed by atoms with Gasteiger partial charge in [-0.1, -0.05) is 22.9 Å². The van der Waals surface area contributed by atoms with E-state index in [1.807, 2.05) is 0 Å². The molecule has 0 radical (unpaired) electrons. The monoisotopic (exact) mass is 287 g/mol. The molecule has 0 amide bonds. The van der Waals surface area contributed by atoms with Gasteiger partial charge in [0, 0.05) is 6.54 Å². The quantitative estimate of drug-likeness (QED) is 0.798. The second-order valence-electron chi connectivity index (χ2n) is 5.08. The Hall–Kier alpha value is -1.14. The molecule has 0 aromatic heterocycles. The Morgan fingerprint density at radius 2 is 1.84 bits per heavy atom. The summed E-state index contributed by atoms with van der Waals surface area (Å²) in [6, 6.07) is 6.47. The summed E-state index contributed by atoms with van der Waals surface area (Å²) in [5, 5.41) is 0. The van der Waals surface area contributed by atoms with Crippen LogP contribution in [0.25, 0.3) is 0 Å². The zero-order valence-corrected chi connectivity index (χ0v) is 11.7. The van der Waals surface area contributed by atoms with E-state index >= 15 is 0 Å². The van der Waals surface area contributed by atoms with E-state index in [-0.39, 0.29) is 5.75 Å². The van der Waals surface area contributed by atoms with E-state index in [2.05, 4.69) is 16.0 Å². The molecule has 106 valence electrons. The highest BCUT2D eigenvalue weighted by Gasteiger charge is 2.15. The van der Waals surface area contributed by atoms with Crippen molar-refractivity contribution in [1.82, 2.24) is 4.90 Å². The second kappa shape index (κ2) is 5.88. The van der Waals surface area contributed by atoms with Crippen LogP contribution in [-0.4, -0.2) is 26.4 Å². The Morgan fingerprint density at radius 3 is 2.37 bits per heavy atom. The molecule has 1 aliphatic rings. The minimum Gasteiger partial charge on any atom is -0.358 e. The van der Waals surface area contributed by atoms with Crippen LogP contribution in [0.15, 0.2) is 24.3 Å². The van der Waals surface area contributed by atoms with Gasteiger partial charge in [0.15, 0.2) is 0 Å². The van der Waals surface area contributed by atoms with Gasteiger partial charge in [-0.05, 0) is 49.5 Å². The Bertz CT molecular complexity index is 507. The summed E-state index contributed by atoms with van der Waals surface area (Å²) < 4.78 is 37.2. The molecule has 1 saturated heterocycles. The van der Waals surface area contributed by atoms with Crippen LogP contribution in [0.2, 0.25) is 0 Å². The first kappa shape index (κ1) is 14.3. The minimum atomic E-state index is -4.93. The number of likely N-dealkylation sites (tertiary alicyclic amines) is 1. The number of benzene rings is 1. The number of hydrogen-bond acceptors (Lipinski definition) is 4. The molecule has 1 aromatic rings. The SMILES string of the molecule is CC1CCN(Cc2ccc(OS(=O)(=O)F)cc2)CC1. The summed E-state index contributed by atoms with van der Waals surface area (Å²) >= 11 is 0. The lowest BCUT2D eigenvalue weighted by Gasteiger charge is -2.30. The van der Waals surface area contributed by atoms with Gasteiger partial charge in [-0.3, -0.25) is 4.90 Å². The van der Waals surface area contributed by atoms with Gasteiger partial charge < -0.3 is 4.18 Å². The van der Waals surface area contributed by atoms with E-state index in [0.29, 0.717) is 0 Å². The molecule has 2 rings (SSSR count). The van der Waals surface area contributed by atoms with Crippen molar-refractivity contribution in [3.8, 4) is 5.75 Å². The summed E-state index contributed by atoms with van der Waals surface area (Å²) in [5.74, 6) is 0.792. The number of rotatable bonds is 4. The smallest absolute Gasteiger partial charge is 0.358 e. The maximum atomic E-state index is 12.3. The van der Waals surface area contributed by atoms with Gasteiger partial charge in [0.2, 0.25) is 0 Å². The van der Waals surface area contributed by atoms with Gasteiger partial charge in [-0.25, -0.2) is 0 Å². The van der Waals surface area contributed by atoms with E-state index in [1.54, 1.807) is 12.1 Å². The molecule has 0 aliphatic carbocycles. The molecule has 1 heterocycles. The summed E-state index contributed by atoms with van der Waals surface area (Å²) in [4.78, 5) is 2.36. The number of piperidine rings is 1. The standard InChI is InChI=1S/C13H18FNO3S/c1-11-6-8-15(9-7-11)10-12-2-4-13(5-3-12)18-19(14,16)17/h2-5,11H,6-10H2,1H3. The van der Waals surface area contributed by atoms with Crippen molar-refractivity contribution in [1.29, 1.82) is 0 Å². The minimum absolute atomic E-state index is 0.00137. The average molecular weight is 287 g/mol. The Labute approximate surface area is 113 Å². The van der Waals surface area contributed by atoms with Crippen LogP contribution < -0.4 is 4.18 Å². The molecule has 0 saturated carbocycles. The highest BCUT2D eigenvalue weighted by atomic mass is 32.3. The largest absolute Gasteiger partial charge is 0.488 e. The Kier molecular flexibility index (Phi) is 4.42. The predicted molar refractivity (Wildman–Crippen MR) is 70.8 cm³/mol. The molecule has 1 fully saturated rings. The molecule has 1 aromatic carbocycles. The van der Waals surface area contributed by atoms with Crippen LogP contribution in [0.4, 0.5) is 3.89 Å². The lowest BCUT2D eigenvalue weighted by atomic mass is 9.99. The normalized spacial score (nSPS) is 18.4. The van der Waals surface area contributed by atoms with Crippen LogP contribution in [0.1, 0.15) is 25.3 Å². The van der Waals surface area contributed by atoms with Crippen molar-refractivity contribution in [2.75, 3.05) is 13.1 Å². The third-order valence-corrected chi connectivity index (χ3v) is 3.79. The Morgan fingerprint density at radius 1 is 1.26 bits per heavy atom. The van der Waals surface area contributed by atoms with Crippen molar-refractivity contribution < 1.29 is 16.5 Å². The molecule has 0 atom stereocenters. The fraction of sp³-hybridized carbons (Fsp3) is 0.538. The lowest BCUT2D eigenvalue weighted by molar-refractivity contribution is 0.185. The molecule has 19 heavy (non-hydrogen) atoms. The topological polar surface area (TPSA) is 46.6 Å².